The van der Waals surface area contributed by atoms with Crippen molar-refractivity contribution in [2.45, 2.75) is 259 Å². The van der Waals surface area contributed by atoms with E-state index in [0.717, 1.165) is 11.8 Å². The van der Waals surface area contributed by atoms with Crippen LogP contribution >= 0.6 is 0 Å². The van der Waals surface area contributed by atoms with Gasteiger partial charge in [-0.1, -0.05) is 259 Å². The lowest BCUT2D eigenvalue weighted by Crippen LogP contribution is -2.16. The maximum absolute atomic E-state index is 2.34. The molecule has 0 fully saturated rings. The Labute approximate surface area is 270 Å². The average molecular weight is 591 g/mol. The van der Waals surface area contributed by atoms with Crippen LogP contribution in [0.15, 0.2) is 0 Å². The maximum atomic E-state index is 2.34. The van der Waals surface area contributed by atoms with Crippen molar-refractivity contribution in [3.8, 4) is 0 Å². The van der Waals surface area contributed by atoms with Crippen LogP contribution in [0.25, 0.3) is 0 Å². The summed E-state index contributed by atoms with van der Waals surface area (Å²) in [5, 5.41) is 0. The fraction of sp³-hybridized carbons (Fsp3) is 1.00. The maximum Gasteiger partial charge on any atom is -0.0386 e. The van der Waals surface area contributed by atoms with Crippen LogP contribution in [0.2, 0.25) is 0 Å². The fourth-order valence-electron chi connectivity index (χ4n) is 7.39. The first kappa shape index (κ1) is 42.0. The van der Waals surface area contributed by atoms with E-state index in [-0.39, 0.29) is 0 Å². The van der Waals surface area contributed by atoms with Gasteiger partial charge in [0.1, 0.15) is 0 Å². The van der Waals surface area contributed by atoms with Crippen molar-refractivity contribution in [1.82, 2.24) is 0 Å². The summed E-state index contributed by atoms with van der Waals surface area (Å²) >= 11 is 0. The molecule has 0 aliphatic carbocycles. The molecule has 2 unspecified atom stereocenters. The van der Waals surface area contributed by atoms with Crippen LogP contribution in [0.3, 0.4) is 0 Å². The van der Waals surface area contributed by atoms with Crippen molar-refractivity contribution in [2.24, 2.45) is 11.8 Å². The van der Waals surface area contributed by atoms with Gasteiger partial charge in [0.2, 0.25) is 0 Å². The van der Waals surface area contributed by atoms with Gasteiger partial charge in [-0.2, -0.15) is 0 Å². The summed E-state index contributed by atoms with van der Waals surface area (Å²) in [5.41, 5.74) is 0. The van der Waals surface area contributed by atoms with Gasteiger partial charge in [-0.3, -0.25) is 0 Å². The van der Waals surface area contributed by atoms with E-state index in [2.05, 4.69) is 27.7 Å². The van der Waals surface area contributed by atoms with Crippen LogP contribution in [0.4, 0.5) is 0 Å². The first-order chi connectivity index (χ1) is 20.8. The highest BCUT2D eigenvalue weighted by molar-refractivity contribution is 4.72. The van der Waals surface area contributed by atoms with E-state index in [1.165, 1.54) is 205 Å². The first-order valence-corrected chi connectivity index (χ1v) is 20.8. The molecule has 0 aliphatic rings. The van der Waals surface area contributed by atoms with Crippen molar-refractivity contribution in [2.75, 3.05) is 0 Å². The second-order valence-corrected chi connectivity index (χ2v) is 14.6. The number of rotatable bonds is 37. The molecule has 0 saturated heterocycles. The molecule has 0 aromatic heterocycles. The SMILES string of the molecule is CCCCCCCCCCCC(CCCCCCCCCC)C(CCCCCCCCC)CCCCCCCCCC. The zero-order chi connectivity index (χ0) is 30.6. The van der Waals surface area contributed by atoms with Gasteiger partial charge >= 0.3 is 0 Å². The topological polar surface area (TPSA) is 0 Å². The van der Waals surface area contributed by atoms with E-state index in [9.17, 15) is 0 Å². The largest absolute Gasteiger partial charge is 0.0654 e. The molecule has 2 atom stereocenters. The summed E-state index contributed by atoms with van der Waals surface area (Å²) in [4.78, 5) is 0. The van der Waals surface area contributed by atoms with Crippen molar-refractivity contribution < 1.29 is 0 Å². The van der Waals surface area contributed by atoms with Crippen LogP contribution in [-0.4, -0.2) is 0 Å². The van der Waals surface area contributed by atoms with E-state index in [1.807, 2.05) is 0 Å². The molecule has 0 radical (unpaired) electrons. The van der Waals surface area contributed by atoms with Gasteiger partial charge in [0.25, 0.3) is 0 Å². The average Bonchev–Trinajstić information content (AvgIpc) is 3.00. The summed E-state index contributed by atoms with van der Waals surface area (Å²) in [5.74, 6) is 2.05. The number of hydrogen-bond acceptors (Lipinski definition) is 0. The van der Waals surface area contributed by atoms with Gasteiger partial charge in [-0.25, -0.2) is 0 Å². The number of hydrogen-bond donors (Lipinski definition) is 0. The zero-order valence-corrected chi connectivity index (χ0v) is 30.6. The molecule has 0 spiro atoms. The van der Waals surface area contributed by atoms with Gasteiger partial charge in [0.15, 0.2) is 0 Å². The molecule has 254 valence electrons. The Morgan fingerprint density at radius 2 is 0.333 bits per heavy atom. The van der Waals surface area contributed by atoms with Crippen molar-refractivity contribution in [3.05, 3.63) is 0 Å². The summed E-state index contributed by atoms with van der Waals surface area (Å²) in [6.07, 6.45) is 53.3. The van der Waals surface area contributed by atoms with Gasteiger partial charge in [-0.15, -0.1) is 0 Å². The van der Waals surface area contributed by atoms with Crippen LogP contribution in [0.5, 0.6) is 0 Å². The van der Waals surface area contributed by atoms with Crippen LogP contribution < -0.4 is 0 Å². The molecule has 0 N–H and O–H groups in total. The van der Waals surface area contributed by atoms with E-state index in [1.54, 1.807) is 25.7 Å². The summed E-state index contributed by atoms with van der Waals surface area (Å²) in [7, 11) is 0. The van der Waals surface area contributed by atoms with E-state index in [0.29, 0.717) is 0 Å². The minimum absolute atomic E-state index is 1.03. The smallest absolute Gasteiger partial charge is 0.0386 e. The van der Waals surface area contributed by atoms with Crippen molar-refractivity contribution in [1.29, 1.82) is 0 Å². The second-order valence-electron chi connectivity index (χ2n) is 14.6. The third kappa shape index (κ3) is 31.4. The minimum Gasteiger partial charge on any atom is -0.0654 e. The zero-order valence-electron chi connectivity index (χ0n) is 30.6. The Morgan fingerprint density at radius 1 is 0.190 bits per heavy atom. The highest BCUT2D eigenvalue weighted by atomic mass is 14.3. The fourth-order valence-corrected chi connectivity index (χ4v) is 7.39. The monoisotopic (exact) mass is 591 g/mol. The van der Waals surface area contributed by atoms with Crippen molar-refractivity contribution in [3.63, 3.8) is 0 Å². The quantitative estimate of drug-likeness (QED) is 0.0631. The normalized spacial score (nSPS) is 13.1. The van der Waals surface area contributed by atoms with Crippen molar-refractivity contribution >= 4 is 0 Å². The lowest BCUT2D eigenvalue weighted by atomic mass is 9.78. The van der Waals surface area contributed by atoms with E-state index >= 15 is 0 Å². The molecule has 0 nitrogen and oxygen atoms in total. The summed E-state index contributed by atoms with van der Waals surface area (Å²) < 4.78 is 0. The standard InChI is InChI=1S/C42H86/c1-5-9-13-17-21-24-28-32-36-40-42(39-35-31-27-23-19-15-11-7-3)41(37-33-29-25-20-16-12-8-4)38-34-30-26-22-18-14-10-6-2/h41-42H,5-40H2,1-4H3. The molecule has 0 aromatic rings. The molecule has 0 heterocycles. The molecule has 0 rings (SSSR count). The molecule has 0 heteroatoms. The third-order valence-electron chi connectivity index (χ3n) is 10.4. The highest BCUT2D eigenvalue weighted by Crippen LogP contribution is 2.34. The Balaban J connectivity index is 4.73. The summed E-state index contributed by atoms with van der Waals surface area (Å²) in [6.45, 7) is 9.35. The molecular weight excluding hydrogens is 504 g/mol. The Kier molecular flexibility index (Phi) is 37.2. The van der Waals surface area contributed by atoms with Crippen LogP contribution in [-0.2, 0) is 0 Å². The Hall–Kier alpha value is 0. The van der Waals surface area contributed by atoms with Gasteiger partial charge in [0, 0.05) is 0 Å². The molecule has 0 aliphatic heterocycles. The lowest BCUT2D eigenvalue weighted by molar-refractivity contribution is 0.236. The predicted octanol–water partition coefficient (Wildman–Crippen LogP) is 16.3. The van der Waals surface area contributed by atoms with Gasteiger partial charge in [0.05, 0.1) is 0 Å². The highest BCUT2D eigenvalue weighted by Gasteiger charge is 2.20. The third-order valence-corrected chi connectivity index (χ3v) is 10.4. The molecule has 0 bridgehead atoms. The molecule has 0 saturated carbocycles. The van der Waals surface area contributed by atoms with E-state index in [4.69, 9.17) is 0 Å². The minimum atomic E-state index is 1.03. The number of unbranched alkanes of at least 4 members (excludes halogenated alkanes) is 28. The first-order valence-electron chi connectivity index (χ1n) is 20.8. The Morgan fingerprint density at radius 3 is 0.500 bits per heavy atom. The molecule has 0 aromatic carbocycles. The Bertz CT molecular complexity index is 453. The molecular formula is C42H86. The lowest BCUT2D eigenvalue weighted by Gasteiger charge is -2.28. The van der Waals surface area contributed by atoms with E-state index < -0.39 is 0 Å². The van der Waals surface area contributed by atoms with Crippen LogP contribution in [0, 0.1) is 11.8 Å². The molecule has 0 amide bonds. The predicted molar refractivity (Wildman–Crippen MR) is 196 cm³/mol. The van der Waals surface area contributed by atoms with Gasteiger partial charge < -0.3 is 0 Å². The van der Waals surface area contributed by atoms with Crippen LogP contribution in [0.1, 0.15) is 259 Å². The second kappa shape index (κ2) is 37.2. The van der Waals surface area contributed by atoms with Gasteiger partial charge in [-0.05, 0) is 11.8 Å². The summed E-state index contributed by atoms with van der Waals surface area (Å²) in [6, 6.07) is 0. The molecule has 42 heavy (non-hydrogen) atoms.